The zero-order valence-corrected chi connectivity index (χ0v) is 13.6. The lowest BCUT2D eigenvalue weighted by molar-refractivity contribution is -0.122. The van der Waals surface area contributed by atoms with Crippen molar-refractivity contribution in [3.63, 3.8) is 0 Å². The van der Waals surface area contributed by atoms with Crippen LogP contribution in [0.2, 0.25) is 0 Å². The van der Waals surface area contributed by atoms with Gasteiger partial charge in [0.15, 0.2) is 17.6 Å². The van der Waals surface area contributed by atoms with E-state index in [1.165, 1.54) is 0 Å². The van der Waals surface area contributed by atoms with Crippen LogP contribution in [0.1, 0.15) is 13.3 Å². The number of rotatable bonds is 6. The Kier molecular flexibility index (Phi) is 4.74. The molecule has 0 saturated carbocycles. The Labute approximate surface area is 140 Å². The molecule has 2 aromatic carbocycles. The van der Waals surface area contributed by atoms with Crippen LogP contribution < -0.4 is 24.3 Å². The van der Waals surface area contributed by atoms with E-state index in [-0.39, 0.29) is 12.7 Å². The normalized spacial score (nSPS) is 13.2. The summed E-state index contributed by atoms with van der Waals surface area (Å²) in [6.45, 7) is 2.09. The maximum absolute atomic E-state index is 12.5. The number of hydrogen-bond donors (Lipinski definition) is 1. The van der Waals surface area contributed by atoms with E-state index < -0.39 is 6.10 Å². The third-order valence-corrected chi connectivity index (χ3v) is 3.62. The SMILES string of the molecule is CC[C@H](Oc1cccc(OC)c1)C(=O)Nc1ccc2c(c1)OCO2. The Morgan fingerprint density at radius 2 is 1.96 bits per heavy atom. The third kappa shape index (κ3) is 3.53. The second-order valence-corrected chi connectivity index (χ2v) is 5.25. The molecular formula is C18H19NO5. The molecule has 126 valence electrons. The van der Waals surface area contributed by atoms with Gasteiger partial charge in [-0.15, -0.1) is 0 Å². The van der Waals surface area contributed by atoms with Gasteiger partial charge in [0.25, 0.3) is 5.91 Å². The fraction of sp³-hybridized carbons (Fsp3) is 0.278. The van der Waals surface area contributed by atoms with Crippen LogP contribution in [0.4, 0.5) is 5.69 Å². The topological polar surface area (TPSA) is 66.0 Å². The molecule has 1 atom stereocenters. The minimum absolute atomic E-state index is 0.198. The summed E-state index contributed by atoms with van der Waals surface area (Å²) in [5.41, 5.74) is 0.636. The van der Waals surface area contributed by atoms with Crippen molar-refractivity contribution in [2.24, 2.45) is 0 Å². The number of benzene rings is 2. The van der Waals surface area contributed by atoms with Gasteiger partial charge in [0.2, 0.25) is 6.79 Å². The predicted octanol–water partition coefficient (Wildman–Crippen LogP) is 3.22. The molecule has 0 unspecified atom stereocenters. The van der Waals surface area contributed by atoms with Crippen LogP contribution in [0.5, 0.6) is 23.0 Å². The molecule has 0 saturated heterocycles. The molecule has 0 radical (unpaired) electrons. The second kappa shape index (κ2) is 7.12. The zero-order valence-electron chi connectivity index (χ0n) is 13.6. The molecule has 1 heterocycles. The van der Waals surface area contributed by atoms with Crippen LogP contribution in [0.15, 0.2) is 42.5 Å². The summed E-state index contributed by atoms with van der Waals surface area (Å²) in [5.74, 6) is 2.34. The fourth-order valence-corrected chi connectivity index (χ4v) is 2.36. The van der Waals surface area contributed by atoms with E-state index in [1.54, 1.807) is 37.4 Å². The maximum Gasteiger partial charge on any atom is 0.265 e. The molecular weight excluding hydrogens is 310 g/mol. The van der Waals surface area contributed by atoms with Gasteiger partial charge < -0.3 is 24.3 Å². The van der Waals surface area contributed by atoms with E-state index in [2.05, 4.69) is 5.32 Å². The highest BCUT2D eigenvalue weighted by molar-refractivity contribution is 5.94. The van der Waals surface area contributed by atoms with Gasteiger partial charge in [-0.05, 0) is 30.7 Å². The van der Waals surface area contributed by atoms with Gasteiger partial charge >= 0.3 is 0 Å². The predicted molar refractivity (Wildman–Crippen MR) is 88.9 cm³/mol. The van der Waals surface area contributed by atoms with E-state index in [9.17, 15) is 4.79 Å². The Hall–Kier alpha value is -2.89. The van der Waals surface area contributed by atoms with E-state index in [0.717, 1.165) is 0 Å². The number of fused-ring (bicyclic) bond motifs is 1. The van der Waals surface area contributed by atoms with Crippen LogP contribution in [0.25, 0.3) is 0 Å². The Morgan fingerprint density at radius 1 is 1.17 bits per heavy atom. The minimum atomic E-state index is -0.609. The third-order valence-electron chi connectivity index (χ3n) is 3.62. The molecule has 0 spiro atoms. The van der Waals surface area contributed by atoms with E-state index in [4.69, 9.17) is 18.9 Å². The molecule has 24 heavy (non-hydrogen) atoms. The van der Waals surface area contributed by atoms with Gasteiger partial charge in [-0.25, -0.2) is 0 Å². The number of hydrogen-bond acceptors (Lipinski definition) is 5. The highest BCUT2D eigenvalue weighted by Crippen LogP contribution is 2.34. The van der Waals surface area contributed by atoms with Crippen molar-refractivity contribution in [1.29, 1.82) is 0 Å². The zero-order chi connectivity index (χ0) is 16.9. The molecule has 0 bridgehead atoms. The average Bonchev–Trinajstić information content (AvgIpc) is 3.07. The molecule has 1 N–H and O–H groups in total. The van der Waals surface area contributed by atoms with Crippen molar-refractivity contribution in [2.45, 2.75) is 19.4 Å². The molecule has 0 fully saturated rings. The largest absolute Gasteiger partial charge is 0.497 e. The van der Waals surface area contributed by atoms with Gasteiger partial charge in [0.1, 0.15) is 11.5 Å². The first-order valence-electron chi connectivity index (χ1n) is 7.71. The fourth-order valence-electron chi connectivity index (χ4n) is 2.36. The molecule has 1 aliphatic rings. The lowest BCUT2D eigenvalue weighted by Gasteiger charge is -2.17. The Morgan fingerprint density at radius 3 is 2.75 bits per heavy atom. The van der Waals surface area contributed by atoms with Crippen LogP contribution in [0, 0.1) is 0 Å². The Bertz CT molecular complexity index is 731. The summed E-state index contributed by atoms with van der Waals surface area (Å²) in [6, 6.07) is 12.4. The maximum atomic E-state index is 12.5. The monoisotopic (exact) mass is 329 g/mol. The van der Waals surface area contributed by atoms with E-state index >= 15 is 0 Å². The number of carbonyl (C=O) groups excluding carboxylic acids is 1. The summed E-state index contributed by atoms with van der Waals surface area (Å²) < 4.78 is 21.5. The summed E-state index contributed by atoms with van der Waals surface area (Å²) >= 11 is 0. The highest BCUT2D eigenvalue weighted by Gasteiger charge is 2.20. The molecule has 6 nitrogen and oxygen atoms in total. The van der Waals surface area contributed by atoms with E-state index in [1.807, 2.05) is 19.1 Å². The molecule has 1 aliphatic heterocycles. The van der Waals surface area contributed by atoms with Crippen molar-refractivity contribution in [3.05, 3.63) is 42.5 Å². The molecule has 2 aromatic rings. The first-order valence-corrected chi connectivity index (χ1v) is 7.71. The quantitative estimate of drug-likeness (QED) is 0.881. The van der Waals surface area contributed by atoms with Gasteiger partial charge in [0.05, 0.1) is 7.11 Å². The number of anilines is 1. The summed E-state index contributed by atoms with van der Waals surface area (Å²) in [7, 11) is 1.59. The average molecular weight is 329 g/mol. The van der Waals surface area contributed by atoms with Crippen molar-refractivity contribution < 1.29 is 23.7 Å². The molecule has 3 rings (SSSR count). The number of nitrogens with one attached hydrogen (secondary N) is 1. The number of methoxy groups -OCH3 is 1. The lowest BCUT2D eigenvalue weighted by atomic mass is 10.2. The van der Waals surface area contributed by atoms with E-state index in [0.29, 0.717) is 35.1 Å². The molecule has 1 amide bonds. The van der Waals surface area contributed by atoms with Crippen LogP contribution in [-0.4, -0.2) is 25.9 Å². The van der Waals surface area contributed by atoms with Crippen molar-refractivity contribution >= 4 is 11.6 Å². The summed E-state index contributed by atoms with van der Waals surface area (Å²) in [6.07, 6.45) is -0.0735. The van der Waals surface area contributed by atoms with Crippen molar-refractivity contribution in [2.75, 3.05) is 19.2 Å². The molecule has 0 aromatic heterocycles. The number of carbonyl (C=O) groups is 1. The van der Waals surface area contributed by atoms with Gasteiger partial charge in [0, 0.05) is 17.8 Å². The molecule has 6 heteroatoms. The van der Waals surface area contributed by atoms with Crippen LogP contribution in [0.3, 0.4) is 0 Å². The standard InChI is InChI=1S/C18H19NO5/c1-3-15(24-14-6-4-5-13(10-14)21-2)18(20)19-12-7-8-16-17(9-12)23-11-22-16/h4-10,15H,3,11H2,1-2H3,(H,19,20)/t15-/m0/s1. The highest BCUT2D eigenvalue weighted by atomic mass is 16.7. The second-order valence-electron chi connectivity index (χ2n) is 5.25. The summed E-state index contributed by atoms with van der Waals surface area (Å²) in [5, 5.41) is 2.84. The van der Waals surface area contributed by atoms with Gasteiger partial charge in [-0.2, -0.15) is 0 Å². The van der Waals surface area contributed by atoms with Gasteiger partial charge in [-0.1, -0.05) is 13.0 Å². The van der Waals surface area contributed by atoms with Crippen LogP contribution >= 0.6 is 0 Å². The van der Waals surface area contributed by atoms with Crippen molar-refractivity contribution in [1.82, 2.24) is 0 Å². The molecule has 0 aliphatic carbocycles. The summed E-state index contributed by atoms with van der Waals surface area (Å²) in [4.78, 5) is 12.5. The van der Waals surface area contributed by atoms with Gasteiger partial charge in [-0.3, -0.25) is 4.79 Å². The first-order chi connectivity index (χ1) is 11.7. The first kappa shape index (κ1) is 16.0. The number of amides is 1. The van der Waals surface area contributed by atoms with Crippen LogP contribution in [-0.2, 0) is 4.79 Å². The van der Waals surface area contributed by atoms with Crippen molar-refractivity contribution in [3.8, 4) is 23.0 Å². The minimum Gasteiger partial charge on any atom is -0.497 e. The smallest absolute Gasteiger partial charge is 0.265 e. The number of ether oxygens (including phenoxy) is 4. The Balaban J connectivity index is 1.67. The lowest BCUT2D eigenvalue weighted by Crippen LogP contribution is -2.32.